The van der Waals surface area contributed by atoms with Crippen LogP contribution in [0.15, 0.2) is 77.4 Å². The van der Waals surface area contributed by atoms with Crippen LogP contribution in [0.25, 0.3) is 0 Å². The number of hydrogen-bond acceptors (Lipinski definition) is 2. The van der Waals surface area contributed by atoms with Gasteiger partial charge in [0.05, 0.1) is 11.7 Å². The highest BCUT2D eigenvalue weighted by molar-refractivity contribution is 9.10. The van der Waals surface area contributed by atoms with Gasteiger partial charge in [-0.15, -0.1) is 0 Å². The first-order valence-electron chi connectivity index (χ1n) is 8.07. The minimum absolute atomic E-state index is 0.288. The number of nitrogens with zero attached hydrogens (tertiary/aromatic N) is 1. The van der Waals surface area contributed by atoms with Crippen LogP contribution in [0.5, 0.6) is 0 Å². The van der Waals surface area contributed by atoms with Crippen molar-refractivity contribution in [2.75, 3.05) is 0 Å². The van der Waals surface area contributed by atoms with Gasteiger partial charge in [0.25, 0.3) is 0 Å². The zero-order chi connectivity index (χ0) is 18.4. The van der Waals surface area contributed by atoms with Crippen LogP contribution in [0, 0.1) is 0 Å². The maximum atomic E-state index is 12.4. The van der Waals surface area contributed by atoms with E-state index in [-0.39, 0.29) is 12.1 Å². The molecule has 0 aliphatic carbocycles. The smallest absolute Gasteiger partial charge is 0.315 e. The van der Waals surface area contributed by atoms with Crippen molar-refractivity contribution >= 4 is 33.6 Å². The maximum absolute atomic E-state index is 12.4. The highest BCUT2D eigenvalue weighted by Gasteiger charge is 2.17. The Morgan fingerprint density at radius 2 is 1.85 bits per heavy atom. The number of halogens is 2. The molecule has 2 aromatic carbocycles. The number of hydrogen-bond donors (Lipinski definition) is 2. The van der Waals surface area contributed by atoms with Crippen molar-refractivity contribution in [3.8, 4) is 0 Å². The van der Waals surface area contributed by atoms with Crippen molar-refractivity contribution in [3.63, 3.8) is 0 Å². The molecule has 0 fully saturated rings. The molecule has 1 unspecified atom stereocenters. The van der Waals surface area contributed by atoms with Crippen LogP contribution in [0.2, 0.25) is 5.02 Å². The SMILES string of the molecule is O=C(NCc1ccc(Br)cc1Cl)NC(c1ccccc1)c1ccccn1. The molecule has 2 amide bonds. The number of carbonyl (C=O) groups excluding carboxylic acids is 1. The predicted octanol–water partition coefficient (Wildman–Crippen LogP) is 5.09. The lowest BCUT2D eigenvalue weighted by molar-refractivity contribution is 0.238. The van der Waals surface area contributed by atoms with E-state index < -0.39 is 0 Å². The minimum Gasteiger partial charge on any atom is -0.334 e. The summed E-state index contributed by atoms with van der Waals surface area (Å²) in [6.45, 7) is 0.335. The number of benzene rings is 2. The Labute approximate surface area is 165 Å². The Morgan fingerprint density at radius 1 is 1.08 bits per heavy atom. The van der Waals surface area contributed by atoms with E-state index in [0.29, 0.717) is 11.6 Å². The Kier molecular flexibility index (Phi) is 6.26. The molecule has 4 nitrogen and oxygen atoms in total. The van der Waals surface area contributed by atoms with Crippen LogP contribution in [-0.2, 0) is 6.54 Å². The number of amides is 2. The van der Waals surface area contributed by atoms with Gasteiger partial charge in [0, 0.05) is 22.2 Å². The second-order valence-electron chi connectivity index (χ2n) is 5.66. The van der Waals surface area contributed by atoms with Gasteiger partial charge in [-0.2, -0.15) is 0 Å². The molecule has 132 valence electrons. The van der Waals surface area contributed by atoms with Crippen LogP contribution in [0.1, 0.15) is 22.9 Å². The number of aromatic nitrogens is 1. The summed E-state index contributed by atoms with van der Waals surface area (Å²) >= 11 is 9.57. The third kappa shape index (κ3) is 4.84. The Balaban J connectivity index is 1.71. The maximum Gasteiger partial charge on any atom is 0.315 e. The van der Waals surface area contributed by atoms with Crippen molar-refractivity contribution in [2.45, 2.75) is 12.6 Å². The molecule has 0 aliphatic heterocycles. The van der Waals surface area contributed by atoms with Gasteiger partial charge in [-0.1, -0.05) is 70.0 Å². The van der Waals surface area contributed by atoms with Gasteiger partial charge >= 0.3 is 6.03 Å². The van der Waals surface area contributed by atoms with Gasteiger partial charge in [0.2, 0.25) is 0 Å². The molecular formula is C20H17BrClN3O. The van der Waals surface area contributed by atoms with E-state index in [2.05, 4.69) is 31.5 Å². The van der Waals surface area contributed by atoms with Gasteiger partial charge in [0.15, 0.2) is 0 Å². The van der Waals surface area contributed by atoms with Gasteiger partial charge < -0.3 is 10.6 Å². The molecule has 0 spiro atoms. The van der Waals surface area contributed by atoms with Crippen molar-refractivity contribution in [2.24, 2.45) is 0 Å². The third-order valence-electron chi connectivity index (χ3n) is 3.85. The molecule has 0 radical (unpaired) electrons. The molecule has 3 aromatic rings. The quantitative estimate of drug-likeness (QED) is 0.592. The number of carbonyl (C=O) groups is 1. The largest absolute Gasteiger partial charge is 0.334 e. The average molecular weight is 431 g/mol. The van der Waals surface area contributed by atoms with Crippen LogP contribution < -0.4 is 10.6 Å². The fraction of sp³-hybridized carbons (Fsp3) is 0.100. The fourth-order valence-corrected chi connectivity index (χ4v) is 3.28. The standard InChI is InChI=1S/C20H17BrClN3O/c21-16-10-9-15(17(22)12-16)13-24-20(26)25-19(14-6-2-1-3-7-14)18-8-4-5-11-23-18/h1-12,19H,13H2,(H2,24,25,26). The Hall–Kier alpha value is -2.37. The van der Waals surface area contributed by atoms with Gasteiger partial charge in [-0.3, -0.25) is 4.98 Å². The lowest BCUT2D eigenvalue weighted by Crippen LogP contribution is -2.38. The van der Waals surface area contributed by atoms with Crippen molar-refractivity contribution in [1.82, 2.24) is 15.6 Å². The van der Waals surface area contributed by atoms with Crippen LogP contribution in [0.4, 0.5) is 4.79 Å². The molecule has 3 rings (SSSR count). The third-order valence-corrected chi connectivity index (χ3v) is 4.69. The number of urea groups is 1. The molecule has 0 bridgehead atoms. The first kappa shape index (κ1) is 18.4. The molecule has 0 aliphatic rings. The first-order valence-corrected chi connectivity index (χ1v) is 9.25. The molecule has 6 heteroatoms. The molecule has 26 heavy (non-hydrogen) atoms. The molecule has 0 saturated carbocycles. The van der Waals surface area contributed by atoms with E-state index >= 15 is 0 Å². The van der Waals surface area contributed by atoms with Gasteiger partial charge in [-0.25, -0.2) is 4.79 Å². The van der Waals surface area contributed by atoms with E-state index in [1.807, 2.05) is 60.7 Å². The molecule has 2 N–H and O–H groups in total. The van der Waals surface area contributed by atoms with Crippen molar-refractivity contribution in [1.29, 1.82) is 0 Å². The highest BCUT2D eigenvalue weighted by Crippen LogP contribution is 2.22. The summed E-state index contributed by atoms with van der Waals surface area (Å²) in [5.41, 5.74) is 2.58. The lowest BCUT2D eigenvalue weighted by atomic mass is 10.0. The molecule has 0 saturated heterocycles. The van der Waals surface area contributed by atoms with E-state index in [0.717, 1.165) is 21.3 Å². The minimum atomic E-state index is -0.335. The van der Waals surface area contributed by atoms with Crippen LogP contribution in [-0.4, -0.2) is 11.0 Å². The summed E-state index contributed by atoms with van der Waals surface area (Å²) < 4.78 is 0.898. The first-order chi connectivity index (χ1) is 12.6. The summed E-state index contributed by atoms with van der Waals surface area (Å²) in [5.74, 6) is 0. The van der Waals surface area contributed by atoms with E-state index in [9.17, 15) is 4.79 Å². The van der Waals surface area contributed by atoms with E-state index in [1.165, 1.54) is 0 Å². The highest BCUT2D eigenvalue weighted by atomic mass is 79.9. The predicted molar refractivity (Wildman–Crippen MR) is 107 cm³/mol. The summed E-state index contributed by atoms with van der Waals surface area (Å²) in [5, 5.41) is 6.44. The van der Waals surface area contributed by atoms with Crippen LogP contribution in [0.3, 0.4) is 0 Å². The lowest BCUT2D eigenvalue weighted by Gasteiger charge is -2.19. The number of pyridine rings is 1. The van der Waals surface area contributed by atoms with Crippen molar-refractivity contribution < 1.29 is 4.79 Å². The second-order valence-corrected chi connectivity index (χ2v) is 6.98. The van der Waals surface area contributed by atoms with Gasteiger partial charge in [0.1, 0.15) is 0 Å². The van der Waals surface area contributed by atoms with Crippen molar-refractivity contribution in [3.05, 3.63) is 99.2 Å². The molecule has 1 atom stereocenters. The zero-order valence-corrected chi connectivity index (χ0v) is 16.2. The van der Waals surface area contributed by atoms with Gasteiger partial charge in [-0.05, 0) is 35.4 Å². The monoisotopic (exact) mass is 429 g/mol. The average Bonchev–Trinajstić information content (AvgIpc) is 2.67. The fourth-order valence-electron chi connectivity index (χ4n) is 2.54. The topological polar surface area (TPSA) is 54.0 Å². The molecule has 1 heterocycles. The summed E-state index contributed by atoms with van der Waals surface area (Å²) in [6.07, 6.45) is 1.71. The number of nitrogens with one attached hydrogen (secondary N) is 2. The Bertz CT molecular complexity index is 835. The summed E-state index contributed by atoms with van der Waals surface area (Å²) in [4.78, 5) is 16.8. The van der Waals surface area contributed by atoms with Crippen LogP contribution >= 0.6 is 27.5 Å². The summed E-state index contributed by atoms with van der Waals surface area (Å²) in [7, 11) is 0. The zero-order valence-electron chi connectivity index (χ0n) is 13.8. The normalized spacial score (nSPS) is 11.6. The molecular weight excluding hydrogens is 414 g/mol. The number of rotatable bonds is 5. The summed E-state index contributed by atoms with van der Waals surface area (Å²) in [6, 6.07) is 20.3. The Morgan fingerprint density at radius 3 is 2.54 bits per heavy atom. The second kappa shape index (κ2) is 8.83. The van der Waals surface area contributed by atoms with E-state index in [1.54, 1.807) is 12.3 Å². The van der Waals surface area contributed by atoms with E-state index in [4.69, 9.17) is 11.6 Å². The molecule has 1 aromatic heterocycles.